The van der Waals surface area contributed by atoms with Crippen LogP contribution in [0.4, 0.5) is 10.4 Å². The van der Waals surface area contributed by atoms with Crippen LogP contribution in [-0.2, 0) is 0 Å². The van der Waals surface area contributed by atoms with Gasteiger partial charge in [0.1, 0.15) is 11.3 Å². The van der Waals surface area contributed by atoms with Crippen molar-refractivity contribution in [3.63, 3.8) is 0 Å². The van der Waals surface area contributed by atoms with E-state index >= 15 is 0 Å². The van der Waals surface area contributed by atoms with Gasteiger partial charge < -0.3 is 15.9 Å². The lowest BCUT2D eigenvalue weighted by Gasteiger charge is -1.85. The van der Waals surface area contributed by atoms with Crippen molar-refractivity contribution in [3.05, 3.63) is 24.0 Å². The van der Waals surface area contributed by atoms with E-state index in [1.807, 2.05) is 0 Å². The summed E-state index contributed by atoms with van der Waals surface area (Å²) in [5, 5.41) is 0. The van der Waals surface area contributed by atoms with Crippen molar-refractivity contribution < 1.29 is 8.81 Å². The average Bonchev–Trinajstić information content (AvgIpc) is 2.44. The minimum absolute atomic E-state index is 0.0191. The van der Waals surface area contributed by atoms with E-state index in [0.717, 1.165) is 0 Å². The molecule has 1 aromatic carbocycles. The summed E-state index contributed by atoms with van der Waals surface area (Å²) in [6.45, 7) is 0. The number of rotatable bonds is 1. The normalized spacial score (nSPS) is 10.4. The van der Waals surface area contributed by atoms with Gasteiger partial charge in [-0.05, 0) is 12.1 Å². The summed E-state index contributed by atoms with van der Waals surface area (Å²) in [5.74, 6) is -0.554. The van der Waals surface area contributed by atoms with Crippen molar-refractivity contribution >= 4 is 23.1 Å². The van der Waals surface area contributed by atoms with Gasteiger partial charge in [0.05, 0.1) is 0 Å². The van der Waals surface area contributed by atoms with Crippen molar-refractivity contribution in [2.75, 3.05) is 0 Å². The second-order valence-corrected chi connectivity index (χ2v) is 2.65. The van der Waals surface area contributed by atoms with Crippen LogP contribution in [0.3, 0.4) is 0 Å². The number of hydrogen-bond donors (Lipinski definition) is 2. The monoisotopic (exact) mass is 194 g/mol. The maximum absolute atomic E-state index is 12.7. The Morgan fingerprint density at radius 3 is 2.93 bits per heavy atom. The third-order valence-corrected chi connectivity index (χ3v) is 1.56. The van der Waals surface area contributed by atoms with E-state index in [1.54, 1.807) is 0 Å². The first-order valence-electron chi connectivity index (χ1n) is 3.81. The van der Waals surface area contributed by atoms with Gasteiger partial charge in [0, 0.05) is 6.07 Å². The van der Waals surface area contributed by atoms with Crippen LogP contribution in [0.25, 0.3) is 11.1 Å². The Balaban J connectivity index is 2.57. The standard InChI is InChI=1S/C8H7FN4O/c9-4-1-2-5-6(3-4)14-8(12-5)13-7(10)11/h1-3H,(H4,10,11,12,13). The smallest absolute Gasteiger partial charge is 0.325 e. The van der Waals surface area contributed by atoms with Crippen LogP contribution in [0.15, 0.2) is 27.6 Å². The van der Waals surface area contributed by atoms with Crippen LogP contribution in [0.2, 0.25) is 0 Å². The number of fused-ring (bicyclic) bond motifs is 1. The highest BCUT2D eigenvalue weighted by atomic mass is 19.1. The fraction of sp³-hybridized carbons (Fsp3) is 0. The van der Waals surface area contributed by atoms with Crippen LogP contribution in [0.5, 0.6) is 0 Å². The van der Waals surface area contributed by atoms with Crippen molar-refractivity contribution in [1.29, 1.82) is 0 Å². The molecule has 0 aliphatic carbocycles. The molecule has 72 valence electrons. The number of nitrogens with zero attached hydrogens (tertiary/aromatic N) is 2. The van der Waals surface area contributed by atoms with Crippen LogP contribution in [0.1, 0.15) is 0 Å². The van der Waals surface area contributed by atoms with E-state index in [0.29, 0.717) is 11.1 Å². The van der Waals surface area contributed by atoms with Crippen LogP contribution < -0.4 is 11.5 Å². The fourth-order valence-corrected chi connectivity index (χ4v) is 1.04. The molecule has 5 nitrogen and oxygen atoms in total. The Hall–Kier alpha value is -2.11. The molecular formula is C8H7FN4O. The first-order valence-corrected chi connectivity index (χ1v) is 3.81. The molecule has 0 aliphatic heterocycles. The van der Waals surface area contributed by atoms with Crippen molar-refractivity contribution in [2.24, 2.45) is 16.5 Å². The zero-order valence-corrected chi connectivity index (χ0v) is 7.07. The lowest BCUT2D eigenvalue weighted by Crippen LogP contribution is -2.21. The molecule has 0 atom stereocenters. The minimum Gasteiger partial charge on any atom is -0.422 e. The third kappa shape index (κ3) is 1.49. The summed E-state index contributed by atoms with van der Waals surface area (Å²) in [7, 11) is 0. The fourth-order valence-electron chi connectivity index (χ4n) is 1.04. The average molecular weight is 194 g/mol. The molecule has 6 heteroatoms. The molecule has 1 heterocycles. The molecule has 1 aromatic heterocycles. The lowest BCUT2D eigenvalue weighted by molar-refractivity contribution is 0.598. The molecule has 0 radical (unpaired) electrons. The van der Waals surface area contributed by atoms with Gasteiger partial charge in [-0.3, -0.25) is 0 Å². The summed E-state index contributed by atoms with van der Waals surface area (Å²) >= 11 is 0. The number of halogens is 1. The summed E-state index contributed by atoms with van der Waals surface area (Å²) in [6.07, 6.45) is 0. The molecule has 0 aliphatic rings. The molecule has 2 rings (SSSR count). The molecule has 0 unspecified atom stereocenters. The maximum atomic E-state index is 12.7. The quantitative estimate of drug-likeness (QED) is 0.520. The Kier molecular flexibility index (Phi) is 1.81. The number of aromatic nitrogens is 1. The Labute approximate surface area is 78.2 Å². The van der Waals surface area contributed by atoms with Crippen molar-refractivity contribution in [1.82, 2.24) is 4.98 Å². The summed E-state index contributed by atoms with van der Waals surface area (Å²) in [6, 6.07) is 4.00. The second-order valence-electron chi connectivity index (χ2n) is 2.65. The van der Waals surface area contributed by atoms with Crippen LogP contribution in [-0.4, -0.2) is 10.9 Å². The number of nitrogens with two attached hydrogens (primary N) is 2. The Morgan fingerprint density at radius 2 is 2.21 bits per heavy atom. The lowest BCUT2D eigenvalue weighted by atomic mass is 10.3. The van der Waals surface area contributed by atoms with Gasteiger partial charge in [-0.2, -0.15) is 9.98 Å². The molecule has 0 spiro atoms. The molecule has 4 N–H and O–H groups in total. The molecule has 0 saturated heterocycles. The van der Waals surface area contributed by atoms with Crippen molar-refractivity contribution in [2.45, 2.75) is 0 Å². The van der Waals surface area contributed by atoms with Gasteiger partial charge >= 0.3 is 6.01 Å². The third-order valence-electron chi connectivity index (χ3n) is 1.56. The molecule has 0 amide bonds. The number of guanidine groups is 1. The molecule has 0 fully saturated rings. The highest BCUT2D eigenvalue weighted by molar-refractivity contribution is 5.79. The zero-order chi connectivity index (χ0) is 10.1. The van der Waals surface area contributed by atoms with E-state index in [1.165, 1.54) is 18.2 Å². The van der Waals surface area contributed by atoms with E-state index in [2.05, 4.69) is 9.98 Å². The van der Waals surface area contributed by atoms with Gasteiger partial charge in [-0.25, -0.2) is 4.39 Å². The number of oxazole rings is 1. The number of benzene rings is 1. The predicted molar refractivity (Wildman–Crippen MR) is 49.4 cm³/mol. The molecule has 2 aromatic rings. The van der Waals surface area contributed by atoms with E-state index in [4.69, 9.17) is 15.9 Å². The molecule has 0 bridgehead atoms. The molecular weight excluding hydrogens is 187 g/mol. The highest BCUT2D eigenvalue weighted by Crippen LogP contribution is 2.21. The van der Waals surface area contributed by atoms with E-state index < -0.39 is 5.82 Å². The zero-order valence-electron chi connectivity index (χ0n) is 7.07. The van der Waals surface area contributed by atoms with Gasteiger partial charge in [0.25, 0.3) is 0 Å². The number of aliphatic imine (C=N–C) groups is 1. The minimum atomic E-state index is -0.398. The van der Waals surface area contributed by atoms with Crippen molar-refractivity contribution in [3.8, 4) is 0 Å². The van der Waals surface area contributed by atoms with Gasteiger partial charge in [-0.1, -0.05) is 0 Å². The van der Waals surface area contributed by atoms with Gasteiger partial charge in [0.15, 0.2) is 11.5 Å². The summed E-state index contributed by atoms with van der Waals surface area (Å²) < 4.78 is 17.8. The molecule has 0 saturated carbocycles. The Bertz CT molecular complexity index is 501. The summed E-state index contributed by atoms with van der Waals surface area (Å²) in [4.78, 5) is 7.51. The first kappa shape index (κ1) is 8.49. The van der Waals surface area contributed by atoms with Crippen LogP contribution in [0, 0.1) is 5.82 Å². The molecule has 14 heavy (non-hydrogen) atoms. The van der Waals surface area contributed by atoms with E-state index in [-0.39, 0.29) is 12.0 Å². The number of hydrogen-bond acceptors (Lipinski definition) is 3. The topological polar surface area (TPSA) is 90.4 Å². The highest BCUT2D eigenvalue weighted by Gasteiger charge is 2.05. The predicted octanol–water partition coefficient (Wildman–Crippen LogP) is 0.872. The SMILES string of the molecule is NC(N)=Nc1nc2ccc(F)cc2o1. The first-order chi connectivity index (χ1) is 6.65. The Morgan fingerprint density at radius 1 is 1.43 bits per heavy atom. The van der Waals surface area contributed by atoms with Gasteiger partial charge in [0.2, 0.25) is 0 Å². The van der Waals surface area contributed by atoms with Gasteiger partial charge in [-0.15, -0.1) is 0 Å². The van der Waals surface area contributed by atoms with Crippen LogP contribution >= 0.6 is 0 Å². The largest absolute Gasteiger partial charge is 0.422 e. The van der Waals surface area contributed by atoms with E-state index in [9.17, 15) is 4.39 Å². The second kappa shape index (κ2) is 2.99. The maximum Gasteiger partial charge on any atom is 0.325 e. The summed E-state index contributed by atoms with van der Waals surface area (Å²) in [5.41, 5.74) is 11.1.